The minimum atomic E-state index is -0.349. The highest BCUT2D eigenvalue weighted by Gasteiger charge is 2.42. The number of H-pyrrole nitrogens is 1. The third-order valence-corrected chi connectivity index (χ3v) is 6.45. The van der Waals surface area contributed by atoms with Crippen molar-refractivity contribution in [2.24, 2.45) is 0 Å². The minimum absolute atomic E-state index is 0.0736. The predicted molar refractivity (Wildman–Crippen MR) is 136 cm³/mol. The molecule has 2 heterocycles. The highest BCUT2D eigenvalue weighted by atomic mass is 16.5. The van der Waals surface area contributed by atoms with Crippen LogP contribution in [0.5, 0.6) is 17.2 Å². The summed E-state index contributed by atoms with van der Waals surface area (Å²) in [6.45, 7) is 11.6. The van der Waals surface area contributed by atoms with Gasteiger partial charge >= 0.3 is 0 Å². The van der Waals surface area contributed by atoms with E-state index in [0.29, 0.717) is 48.2 Å². The minimum Gasteiger partial charge on any atom is -0.507 e. The zero-order chi connectivity index (χ0) is 25.1. The number of aromatic hydroxyl groups is 1. The first-order valence-electron chi connectivity index (χ1n) is 12.5. The van der Waals surface area contributed by atoms with Crippen LogP contribution in [0.25, 0.3) is 11.3 Å². The normalized spacial score (nSPS) is 14.9. The number of amides is 1. The van der Waals surface area contributed by atoms with Gasteiger partial charge in [-0.2, -0.15) is 5.10 Å². The number of phenolic OH excluding ortho intramolecular Hbond substituents is 1. The number of nitrogens with zero attached hydrogens (tertiary/aromatic N) is 2. The molecule has 7 nitrogen and oxygen atoms in total. The summed E-state index contributed by atoms with van der Waals surface area (Å²) in [6, 6.07) is 9.37. The van der Waals surface area contributed by atoms with Crippen LogP contribution in [0.3, 0.4) is 0 Å². The zero-order valence-corrected chi connectivity index (χ0v) is 21.3. The van der Waals surface area contributed by atoms with Crippen molar-refractivity contribution in [3.63, 3.8) is 0 Å². The van der Waals surface area contributed by atoms with E-state index in [0.717, 1.165) is 41.5 Å². The number of ether oxygens (including phenoxy) is 2. The van der Waals surface area contributed by atoms with E-state index in [4.69, 9.17) is 9.47 Å². The summed E-state index contributed by atoms with van der Waals surface area (Å²) in [4.78, 5) is 15.5. The molecule has 4 rings (SSSR count). The van der Waals surface area contributed by atoms with Crippen LogP contribution >= 0.6 is 0 Å². The maximum Gasteiger partial charge on any atom is 0.273 e. The second-order valence-electron chi connectivity index (χ2n) is 9.02. The zero-order valence-electron chi connectivity index (χ0n) is 21.3. The Balaban J connectivity index is 1.88. The number of fused-ring (bicyclic) bond motifs is 1. The average Bonchev–Trinajstić information content (AvgIpc) is 3.37. The van der Waals surface area contributed by atoms with Crippen LogP contribution in [0.15, 0.2) is 30.3 Å². The van der Waals surface area contributed by atoms with Gasteiger partial charge < -0.3 is 19.5 Å². The van der Waals surface area contributed by atoms with Crippen molar-refractivity contribution in [1.82, 2.24) is 15.1 Å². The van der Waals surface area contributed by atoms with Crippen LogP contribution in [-0.2, 0) is 0 Å². The first kappa shape index (κ1) is 24.6. The molecule has 1 aliphatic rings. The largest absolute Gasteiger partial charge is 0.507 e. The smallest absolute Gasteiger partial charge is 0.273 e. The molecule has 0 saturated heterocycles. The van der Waals surface area contributed by atoms with Gasteiger partial charge in [0.15, 0.2) is 11.5 Å². The number of phenols is 1. The van der Waals surface area contributed by atoms with Crippen molar-refractivity contribution in [2.45, 2.75) is 59.9 Å². The molecule has 2 N–H and O–H groups in total. The molecule has 1 atom stereocenters. The summed E-state index contributed by atoms with van der Waals surface area (Å²) in [6.07, 6.45) is 3.02. The molecule has 1 aromatic heterocycles. The van der Waals surface area contributed by atoms with Gasteiger partial charge in [0.2, 0.25) is 0 Å². The fourth-order valence-electron chi connectivity index (χ4n) is 4.89. The second kappa shape index (κ2) is 10.4. The molecular formula is C28H35N3O4. The molecule has 0 aliphatic carbocycles. The van der Waals surface area contributed by atoms with Crippen molar-refractivity contribution >= 4 is 5.91 Å². The molecular weight excluding hydrogens is 442 g/mol. The maximum absolute atomic E-state index is 13.6. The van der Waals surface area contributed by atoms with E-state index in [1.54, 1.807) is 0 Å². The Bertz CT molecular complexity index is 1220. The second-order valence-corrected chi connectivity index (χ2v) is 9.02. The Morgan fingerprint density at radius 1 is 1.03 bits per heavy atom. The number of carbonyl (C=O) groups excluding carboxylic acids is 1. The number of aromatic nitrogens is 2. The third kappa shape index (κ3) is 4.59. The molecule has 7 heteroatoms. The number of nitrogens with one attached hydrogen (secondary N) is 1. The van der Waals surface area contributed by atoms with Crippen molar-refractivity contribution in [3.8, 4) is 28.5 Å². The van der Waals surface area contributed by atoms with Crippen LogP contribution < -0.4 is 9.47 Å². The molecule has 3 aromatic rings. The first-order chi connectivity index (χ1) is 16.9. The number of benzene rings is 2. The van der Waals surface area contributed by atoms with Crippen molar-refractivity contribution in [3.05, 3.63) is 58.3 Å². The fourth-order valence-corrected chi connectivity index (χ4v) is 4.89. The summed E-state index contributed by atoms with van der Waals surface area (Å²) in [7, 11) is 0. The van der Waals surface area contributed by atoms with Crippen molar-refractivity contribution in [1.29, 1.82) is 0 Å². The lowest BCUT2D eigenvalue weighted by Crippen LogP contribution is -2.30. The number of hydrogen-bond acceptors (Lipinski definition) is 5. The first-order valence-corrected chi connectivity index (χ1v) is 12.5. The Hall–Kier alpha value is -3.48. The highest BCUT2D eigenvalue weighted by molar-refractivity contribution is 6.00. The van der Waals surface area contributed by atoms with Gasteiger partial charge in [-0.15, -0.1) is 0 Å². The summed E-state index contributed by atoms with van der Waals surface area (Å²) in [5.74, 6) is 1.44. The lowest BCUT2D eigenvalue weighted by Gasteiger charge is -2.27. The van der Waals surface area contributed by atoms with E-state index in [9.17, 15) is 9.90 Å². The van der Waals surface area contributed by atoms with Gasteiger partial charge in [0.1, 0.15) is 17.1 Å². The monoisotopic (exact) mass is 477 g/mol. The van der Waals surface area contributed by atoms with Gasteiger partial charge in [-0.3, -0.25) is 9.89 Å². The SMILES string of the molecule is CCCCCN1C(=O)c2[nH]nc(-c3cc(C)cc(C)c3O)c2C1c1ccc(OCC)c(OCC)c1. The molecule has 35 heavy (non-hydrogen) atoms. The summed E-state index contributed by atoms with van der Waals surface area (Å²) in [5.41, 5.74) is 5.22. The maximum atomic E-state index is 13.6. The number of aromatic amines is 1. The predicted octanol–water partition coefficient (Wildman–Crippen LogP) is 5.93. The van der Waals surface area contributed by atoms with E-state index in [1.807, 2.05) is 62.9 Å². The van der Waals surface area contributed by atoms with Crippen LogP contribution in [-0.4, -0.2) is 45.9 Å². The summed E-state index contributed by atoms with van der Waals surface area (Å²) in [5, 5.41) is 18.4. The lowest BCUT2D eigenvalue weighted by atomic mass is 9.93. The Labute approximate surface area is 207 Å². The van der Waals surface area contributed by atoms with E-state index >= 15 is 0 Å². The van der Waals surface area contributed by atoms with Crippen molar-refractivity contribution in [2.75, 3.05) is 19.8 Å². The van der Waals surface area contributed by atoms with Gasteiger partial charge in [-0.05, 0) is 69.0 Å². The van der Waals surface area contributed by atoms with Gasteiger partial charge in [0.25, 0.3) is 5.91 Å². The number of unbranched alkanes of at least 4 members (excludes halogenated alkanes) is 2. The van der Waals surface area contributed by atoms with Crippen molar-refractivity contribution < 1.29 is 19.4 Å². The van der Waals surface area contributed by atoms with Crippen LogP contribution in [0.1, 0.15) is 78.8 Å². The lowest BCUT2D eigenvalue weighted by molar-refractivity contribution is 0.0740. The van der Waals surface area contributed by atoms with E-state index < -0.39 is 0 Å². The Morgan fingerprint density at radius 3 is 2.49 bits per heavy atom. The van der Waals surface area contributed by atoms with E-state index in [2.05, 4.69) is 17.1 Å². The molecule has 0 bridgehead atoms. The summed E-state index contributed by atoms with van der Waals surface area (Å²) < 4.78 is 11.7. The number of rotatable bonds is 10. The molecule has 0 fully saturated rings. The Kier molecular flexibility index (Phi) is 7.34. The Morgan fingerprint density at radius 2 is 1.77 bits per heavy atom. The molecule has 0 radical (unpaired) electrons. The molecule has 0 saturated carbocycles. The van der Waals surface area contributed by atoms with Crippen LogP contribution in [0.2, 0.25) is 0 Å². The molecule has 186 valence electrons. The molecule has 2 aromatic carbocycles. The van der Waals surface area contributed by atoms with Gasteiger partial charge in [-0.25, -0.2) is 0 Å². The standard InChI is InChI=1S/C28H35N3O4/c1-6-9-10-13-31-26(19-11-12-21(34-7-2)22(16-19)35-8-3)23-24(29-30-25(23)28(31)33)20-15-17(4)14-18(5)27(20)32/h11-12,14-16,26,32H,6-10,13H2,1-5H3,(H,29,30). The average molecular weight is 478 g/mol. The van der Waals surface area contributed by atoms with E-state index in [-0.39, 0.29) is 17.7 Å². The highest BCUT2D eigenvalue weighted by Crippen LogP contribution is 2.46. The van der Waals surface area contributed by atoms with Crippen LogP contribution in [0.4, 0.5) is 0 Å². The quantitative estimate of drug-likeness (QED) is 0.353. The number of carbonyl (C=O) groups is 1. The number of hydrogen-bond donors (Lipinski definition) is 2. The molecule has 0 spiro atoms. The third-order valence-electron chi connectivity index (χ3n) is 6.45. The number of aryl methyl sites for hydroxylation is 2. The van der Waals surface area contributed by atoms with Crippen LogP contribution in [0, 0.1) is 13.8 Å². The molecule has 1 unspecified atom stereocenters. The fraction of sp³-hybridized carbons (Fsp3) is 0.429. The van der Waals surface area contributed by atoms with Gasteiger partial charge in [0.05, 0.1) is 19.3 Å². The topological polar surface area (TPSA) is 87.7 Å². The van der Waals surface area contributed by atoms with Gasteiger partial charge in [-0.1, -0.05) is 31.9 Å². The molecule has 1 aliphatic heterocycles. The van der Waals surface area contributed by atoms with E-state index in [1.165, 1.54) is 0 Å². The summed E-state index contributed by atoms with van der Waals surface area (Å²) >= 11 is 0. The van der Waals surface area contributed by atoms with Gasteiger partial charge in [0, 0.05) is 17.7 Å². The molecule has 1 amide bonds.